The molecule has 2 amide bonds. The van der Waals surface area contributed by atoms with Crippen LogP contribution in [0.3, 0.4) is 0 Å². The summed E-state index contributed by atoms with van der Waals surface area (Å²) in [4.78, 5) is 19.6. The number of amides is 2. The van der Waals surface area contributed by atoms with Crippen molar-refractivity contribution in [3.8, 4) is 0 Å². The molecule has 8 heteroatoms. The summed E-state index contributed by atoms with van der Waals surface area (Å²) in [5, 5.41) is 8.38. The van der Waals surface area contributed by atoms with Crippen molar-refractivity contribution in [2.45, 2.75) is 19.8 Å². The second-order valence-corrected chi connectivity index (χ2v) is 2.85. The first-order chi connectivity index (χ1) is 7.18. The normalized spacial score (nSPS) is 24.3. The minimum Gasteiger partial charge on any atom is -0.299 e. The number of carbonyl (C=O) groups is 1. The fraction of sp³-hybridized carbons (Fsp3) is 0.714. The molecule has 1 heterocycles. The molecule has 0 aromatic rings. The zero-order valence-electron chi connectivity index (χ0n) is 8.64. The van der Waals surface area contributed by atoms with Gasteiger partial charge in [-0.05, 0) is 23.7 Å². The van der Waals surface area contributed by atoms with E-state index in [0.717, 1.165) is 0 Å². The predicted octanol–water partition coefficient (Wildman–Crippen LogP) is 0.591. The number of hydrogen-bond donors (Lipinski definition) is 2. The molecule has 0 spiro atoms. The Morgan fingerprint density at radius 2 is 2.33 bits per heavy atom. The number of carbonyl (C=O) groups excluding carboxylic acids is 1. The molecule has 8 nitrogen and oxygen atoms in total. The van der Waals surface area contributed by atoms with Crippen LogP contribution >= 0.6 is 0 Å². The van der Waals surface area contributed by atoms with Gasteiger partial charge in [0.05, 0.1) is 6.34 Å². The molecule has 0 aromatic carbocycles. The van der Waals surface area contributed by atoms with E-state index in [1.807, 2.05) is 13.8 Å². The fourth-order valence-corrected chi connectivity index (χ4v) is 1.40. The van der Waals surface area contributed by atoms with Gasteiger partial charge in [0.25, 0.3) is 5.91 Å². The summed E-state index contributed by atoms with van der Waals surface area (Å²) in [7, 11) is 0. The molecule has 0 radical (unpaired) electrons. The van der Waals surface area contributed by atoms with Crippen LogP contribution in [0.25, 0.3) is 10.4 Å². The number of aliphatic imine (C=N–C) groups is 1. The Kier molecular flexibility index (Phi) is 3.48. The van der Waals surface area contributed by atoms with Crippen molar-refractivity contribution in [3.63, 3.8) is 0 Å². The average molecular weight is 211 g/mol. The van der Waals surface area contributed by atoms with Crippen molar-refractivity contribution in [1.29, 1.82) is 0 Å². The zero-order valence-corrected chi connectivity index (χ0v) is 8.64. The van der Waals surface area contributed by atoms with Crippen LogP contribution in [0.15, 0.2) is 10.1 Å². The second-order valence-electron chi connectivity index (χ2n) is 2.85. The highest BCUT2D eigenvalue weighted by Crippen LogP contribution is 2.17. The third-order valence-corrected chi connectivity index (χ3v) is 2.11. The summed E-state index contributed by atoms with van der Waals surface area (Å²) >= 11 is 0. The SMILES string of the molecule is CCN(CC)C1(N=[N+]=[N-])N=CNC(=O)N1. The van der Waals surface area contributed by atoms with Gasteiger partial charge in [-0.15, -0.1) is 0 Å². The third kappa shape index (κ3) is 2.17. The van der Waals surface area contributed by atoms with Crippen LogP contribution in [0.4, 0.5) is 4.79 Å². The van der Waals surface area contributed by atoms with Crippen molar-refractivity contribution >= 4 is 12.4 Å². The first kappa shape index (κ1) is 11.3. The summed E-state index contributed by atoms with van der Waals surface area (Å²) in [5.41, 5.74) is 8.50. The molecular formula is C7H13N7O. The second kappa shape index (κ2) is 4.63. The van der Waals surface area contributed by atoms with Crippen molar-refractivity contribution in [2.75, 3.05) is 13.1 Å². The zero-order chi connectivity index (χ0) is 11.3. The molecule has 82 valence electrons. The van der Waals surface area contributed by atoms with Crippen molar-refractivity contribution < 1.29 is 4.79 Å². The molecule has 0 bridgehead atoms. The van der Waals surface area contributed by atoms with E-state index in [-0.39, 0.29) is 0 Å². The van der Waals surface area contributed by atoms with Crippen LogP contribution in [-0.2, 0) is 0 Å². The number of azide groups is 1. The summed E-state index contributed by atoms with van der Waals surface area (Å²) in [5.74, 6) is -1.33. The molecule has 1 aliphatic heterocycles. The number of hydrogen-bond acceptors (Lipinski definition) is 4. The highest BCUT2D eigenvalue weighted by atomic mass is 16.2. The fourth-order valence-electron chi connectivity index (χ4n) is 1.40. The summed E-state index contributed by atoms with van der Waals surface area (Å²) in [6, 6.07) is -0.440. The van der Waals surface area contributed by atoms with Gasteiger partial charge in [0.15, 0.2) is 0 Å². The molecule has 1 unspecified atom stereocenters. The van der Waals surface area contributed by atoms with E-state index < -0.39 is 11.9 Å². The lowest BCUT2D eigenvalue weighted by molar-refractivity contribution is 0.0843. The number of rotatable bonds is 4. The molecule has 0 fully saturated rings. The van der Waals surface area contributed by atoms with Crippen LogP contribution in [0.2, 0.25) is 0 Å². The quantitative estimate of drug-likeness (QED) is 0.403. The average Bonchev–Trinajstić information content (AvgIpc) is 2.19. The van der Waals surface area contributed by atoms with E-state index in [0.29, 0.717) is 13.1 Å². The van der Waals surface area contributed by atoms with E-state index in [1.54, 1.807) is 4.90 Å². The number of nitrogens with one attached hydrogen (secondary N) is 2. The minimum atomic E-state index is -1.33. The van der Waals surface area contributed by atoms with E-state index in [2.05, 4.69) is 25.7 Å². The van der Waals surface area contributed by atoms with Gasteiger partial charge in [-0.2, -0.15) is 0 Å². The molecule has 0 aliphatic carbocycles. The molecule has 1 rings (SSSR count). The Balaban J connectivity index is 3.06. The summed E-state index contributed by atoms with van der Waals surface area (Å²) in [6.45, 7) is 4.99. The van der Waals surface area contributed by atoms with E-state index in [1.165, 1.54) is 6.34 Å². The lowest BCUT2D eigenvalue weighted by Crippen LogP contribution is -2.62. The Morgan fingerprint density at radius 3 is 2.80 bits per heavy atom. The predicted molar refractivity (Wildman–Crippen MR) is 55.0 cm³/mol. The molecule has 0 saturated carbocycles. The Bertz CT molecular complexity index is 317. The lowest BCUT2D eigenvalue weighted by atomic mass is 10.4. The van der Waals surface area contributed by atoms with E-state index in [9.17, 15) is 4.79 Å². The largest absolute Gasteiger partial charge is 0.322 e. The molecule has 1 atom stereocenters. The smallest absolute Gasteiger partial charge is 0.299 e. The molecule has 1 aliphatic rings. The van der Waals surface area contributed by atoms with Crippen LogP contribution in [-0.4, -0.2) is 36.3 Å². The van der Waals surface area contributed by atoms with Crippen LogP contribution in [0.1, 0.15) is 13.8 Å². The standard InChI is InChI=1S/C7H13N7O/c1-3-14(4-2)7(12-13-8)10-5-9-6(15)11-7/h5H,3-4H2,1-2H3,(H2,9,10,11,15). The maximum absolute atomic E-state index is 11.2. The van der Waals surface area contributed by atoms with E-state index >= 15 is 0 Å². The highest BCUT2D eigenvalue weighted by Gasteiger charge is 2.37. The Morgan fingerprint density at radius 1 is 1.67 bits per heavy atom. The van der Waals surface area contributed by atoms with Gasteiger partial charge in [-0.1, -0.05) is 13.8 Å². The van der Waals surface area contributed by atoms with Gasteiger partial charge < -0.3 is 0 Å². The van der Waals surface area contributed by atoms with Crippen molar-refractivity contribution in [1.82, 2.24) is 15.5 Å². The van der Waals surface area contributed by atoms with E-state index in [4.69, 9.17) is 5.53 Å². The van der Waals surface area contributed by atoms with Gasteiger partial charge in [0.2, 0.25) is 0 Å². The van der Waals surface area contributed by atoms with Gasteiger partial charge in [-0.25, -0.2) is 9.79 Å². The monoisotopic (exact) mass is 211 g/mol. The maximum Gasteiger partial charge on any atom is 0.322 e. The molecule has 0 aromatic heterocycles. The maximum atomic E-state index is 11.2. The van der Waals surface area contributed by atoms with Crippen LogP contribution in [0, 0.1) is 0 Å². The molecule has 2 N–H and O–H groups in total. The van der Waals surface area contributed by atoms with Gasteiger partial charge in [0.1, 0.15) is 0 Å². The van der Waals surface area contributed by atoms with Crippen molar-refractivity contribution in [2.24, 2.45) is 10.1 Å². The minimum absolute atomic E-state index is 0.440. The summed E-state index contributed by atoms with van der Waals surface area (Å²) < 4.78 is 0. The molecular weight excluding hydrogens is 198 g/mol. The van der Waals surface area contributed by atoms with Crippen LogP contribution < -0.4 is 10.6 Å². The number of urea groups is 1. The summed E-state index contributed by atoms with van der Waals surface area (Å²) in [6.07, 6.45) is 1.23. The first-order valence-corrected chi connectivity index (χ1v) is 4.62. The lowest BCUT2D eigenvalue weighted by Gasteiger charge is -2.37. The Hall–Kier alpha value is -1.79. The molecule has 0 saturated heterocycles. The third-order valence-electron chi connectivity index (χ3n) is 2.11. The van der Waals surface area contributed by atoms with Gasteiger partial charge in [-0.3, -0.25) is 15.5 Å². The van der Waals surface area contributed by atoms with Gasteiger partial charge >= 0.3 is 6.03 Å². The van der Waals surface area contributed by atoms with Gasteiger partial charge in [0, 0.05) is 4.91 Å². The number of nitrogens with zero attached hydrogens (tertiary/aromatic N) is 5. The Labute approximate surface area is 87.0 Å². The van der Waals surface area contributed by atoms with Crippen molar-refractivity contribution in [3.05, 3.63) is 10.4 Å². The first-order valence-electron chi connectivity index (χ1n) is 4.62. The highest BCUT2D eigenvalue weighted by molar-refractivity contribution is 5.88. The topological polar surface area (TPSA) is 105 Å². The molecule has 15 heavy (non-hydrogen) atoms. The van der Waals surface area contributed by atoms with Crippen LogP contribution in [0.5, 0.6) is 0 Å².